The van der Waals surface area contributed by atoms with Crippen molar-refractivity contribution in [2.24, 2.45) is 17.8 Å². The van der Waals surface area contributed by atoms with Gasteiger partial charge < -0.3 is 5.32 Å². The monoisotopic (exact) mass is 343 g/mol. The molecule has 0 radical (unpaired) electrons. The van der Waals surface area contributed by atoms with E-state index in [1.165, 1.54) is 48.0 Å². The Morgan fingerprint density at radius 3 is 2.63 bits per heavy atom. The van der Waals surface area contributed by atoms with Crippen LogP contribution in [0.15, 0.2) is 15.9 Å². The molecule has 1 unspecified atom stereocenters. The lowest BCUT2D eigenvalue weighted by Gasteiger charge is -2.24. The van der Waals surface area contributed by atoms with Gasteiger partial charge in [-0.3, -0.25) is 0 Å². The largest absolute Gasteiger partial charge is 0.316 e. The number of hydrogen-bond donors (Lipinski definition) is 1. The second kappa shape index (κ2) is 7.80. The maximum atomic E-state index is 3.68. The Bertz CT molecular complexity index is 369. The summed E-state index contributed by atoms with van der Waals surface area (Å²) in [6.45, 7) is 6.91. The van der Waals surface area contributed by atoms with Gasteiger partial charge in [0.15, 0.2) is 0 Å². The predicted molar refractivity (Wildman–Crippen MR) is 88.9 cm³/mol. The molecule has 1 aromatic rings. The third kappa shape index (κ3) is 5.20. The molecule has 1 N–H and O–H groups in total. The molecule has 0 amide bonds. The van der Waals surface area contributed by atoms with Crippen molar-refractivity contribution in [2.75, 3.05) is 13.1 Å². The molecule has 1 aliphatic rings. The quantitative estimate of drug-likeness (QED) is 0.725. The Morgan fingerprint density at radius 2 is 2.05 bits per heavy atom. The highest BCUT2D eigenvalue weighted by molar-refractivity contribution is 9.10. The summed E-state index contributed by atoms with van der Waals surface area (Å²) in [6, 6.07) is 2.30. The number of rotatable bonds is 7. The summed E-state index contributed by atoms with van der Waals surface area (Å²) in [7, 11) is 0. The van der Waals surface area contributed by atoms with Gasteiger partial charge in [-0.2, -0.15) is 0 Å². The first-order valence-corrected chi connectivity index (χ1v) is 9.26. The molecule has 19 heavy (non-hydrogen) atoms. The van der Waals surface area contributed by atoms with E-state index in [1.54, 1.807) is 0 Å². The smallest absolute Gasteiger partial charge is 0.0285 e. The van der Waals surface area contributed by atoms with Crippen LogP contribution >= 0.6 is 27.3 Å². The van der Waals surface area contributed by atoms with Gasteiger partial charge in [0.05, 0.1) is 0 Å². The fraction of sp³-hybridized carbons (Fsp3) is 0.750. The first-order valence-electron chi connectivity index (χ1n) is 7.58. The fourth-order valence-corrected chi connectivity index (χ4v) is 4.66. The molecule has 0 spiro atoms. The Balaban J connectivity index is 1.89. The fourth-order valence-electron chi connectivity index (χ4n) is 3.11. The van der Waals surface area contributed by atoms with E-state index in [9.17, 15) is 0 Å². The summed E-state index contributed by atoms with van der Waals surface area (Å²) in [6.07, 6.45) is 7.03. The second-order valence-electron chi connectivity index (χ2n) is 6.29. The van der Waals surface area contributed by atoms with Crippen LogP contribution in [0.1, 0.15) is 44.4 Å². The van der Waals surface area contributed by atoms with Crippen LogP contribution in [0, 0.1) is 17.8 Å². The molecule has 1 fully saturated rings. The van der Waals surface area contributed by atoms with Crippen molar-refractivity contribution in [3.8, 4) is 0 Å². The van der Waals surface area contributed by atoms with E-state index >= 15 is 0 Å². The highest BCUT2D eigenvalue weighted by Gasteiger charge is 2.25. The molecule has 1 saturated carbocycles. The number of thiophene rings is 1. The summed E-state index contributed by atoms with van der Waals surface area (Å²) in [5.41, 5.74) is 0. The predicted octanol–water partition coefficient (Wildman–Crippen LogP) is 5.11. The summed E-state index contributed by atoms with van der Waals surface area (Å²) in [5, 5.41) is 5.89. The van der Waals surface area contributed by atoms with Gasteiger partial charge in [0.1, 0.15) is 0 Å². The zero-order valence-electron chi connectivity index (χ0n) is 12.1. The van der Waals surface area contributed by atoms with Gasteiger partial charge in [-0.1, -0.05) is 39.5 Å². The molecule has 1 aromatic heterocycles. The Morgan fingerprint density at radius 1 is 1.32 bits per heavy atom. The lowest BCUT2D eigenvalue weighted by atomic mass is 9.87. The van der Waals surface area contributed by atoms with Crippen LogP contribution in [-0.4, -0.2) is 13.1 Å². The number of nitrogens with one attached hydrogen (secondary N) is 1. The summed E-state index contributed by atoms with van der Waals surface area (Å²) >= 11 is 5.47. The molecule has 3 heteroatoms. The molecular weight excluding hydrogens is 318 g/mol. The van der Waals surface area contributed by atoms with Gasteiger partial charge in [0.25, 0.3) is 0 Å². The zero-order valence-corrected chi connectivity index (χ0v) is 14.5. The van der Waals surface area contributed by atoms with Gasteiger partial charge in [0.2, 0.25) is 0 Å². The van der Waals surface area contributed by atoms with Crippen molar-refractivity contribution in [3.05, 3.63) is 20.8 Å². The molecule has 1 nitrogen and oxygen atoms in total. The minimum atomic E-state index is 0.750. The molecule has 108 valence electrons. The van der Waals surface area contributed by atoms with Crippen molar-refractivity contribution in [1.82, 2.24) is 5.32 Å². The van der Waals surface area contributed by atoms with E-state index in [-0.39, 0.29) is 0 Å². The van der Waals surface area contributed by atoms with E-state index < -0.39 is 0 Å². The molecule has 1 heterocycles. The third-order valence-electron chi connectivity index (χ3n) is 4.11. The number of hydrogen-bond acceptors (Lipinski definition) is 2. The van der Waals surface area contributed by atoms with Crippen molar-refractivity contribution in [2.45, 2.75) is 46.0 Å². The summed E-state index contributed by atoms with van der Waals surface area (Å²) in [5.74, 6) is 2.52. The molecule has 0 saturated heterocycles. The van der Waals surface area contributed by atoms with Crippen molar-refractivity contribution in [3.63, 3.8) is 0 Å². The van der Waals surface area contributed by atoms with Gasteiger partial charge in [-0.05, 0) is 59.3 Å². The second-order valence-corrected chi connectivity index (χ2v) is 8.20. The van der Waals surface area contributed by atoms with Crippen LogP contribution in [0.25, 0.3) is 0 Å². The van der Waals surface area contributed by atoms with Gasteiger partial charge >= 0.3 is 0 Å². The van der Waals surface area contributed by atoms with E-state index in [1.807, 2.05) is 11.3 Å². The molecular formula is C16H26BrNS. The van der Waals surface area contributed by atoms with Crippen LogP contribution in [-0.2, 0) is 6.42 Å². The average molecular weight is 344 g/mol. The standard InChI is InChI=1S/C16H26BrNS/c1-12(2)9-18-10-14(13-5-3-4-6-13)7-16-8-15(17)11-19-16/h8,11-14,18H,3-7,9-10H2,1-2H3. The molecule has 1 atom stereocenters. The highest BCUT2D eigenvalue weighted by Crippen LogP contribution is 2.34. The van der Waals surface area contributed by atoms with E-state index in [4.69, 9.17) is 0 Å². The SMILES string of the molecule is CC(C)CNCC(Cc1cc(Br)cs1)C1CCCC1. The summed E-state index contributed by atoms with van der Waals surface area (Å²) in [4.78, 5) is 1.54. The maximum Gasteiger partial charge on any atom is 0.0285 e. The minimum absolute atomic E-state index is 0.750. The van der Waals surface area contributed by atoms with E-state index in [0.717, 1.165) is 24.3 Å². The van der Waals surface area contributed by atoms with Crippen LogP contribution in [0.5, 0.6) is 0 Å². The third-order valence-corrected chi connectivity index (χ3v) is 5.83. The van der Waals surface area contributed by atoms with Gasteiger partial charge in [0, 0.05) is 14.7 Å². The Kier molecular flexibility index (Phi) is 6.37. The average Bonchev–Trinajstić information content (AvgIpc) is 2.98. The zero-order chi connectivity index (χ0) is 13.7. The molecule has 1 aliphatic carbocycles. The molecule has 0 aromatic carbocycles. The van der Waals surface area contributed by atoms with Crippen LogP contribution < -0.4 is 5.32 Å². The lowest BCUT2D eigenvalue weighted by molar-refractivity contribution is 0.317. The van der Waals surface area contributed by atoms with E-state index in [2.05, 4.69) is 46.5 Å². The van der Waals surface area contributed by atoms with Crippen LogP contribution in [0.4, 0.5) is 0 Å². The minimum Gasteiger partial charge on any atom is -0.316 e. The van der Waals surface area contributed by atoms with Gasteiger partial charge in [-0.15, -0.1) is 11.3 Å². The van der Waals surface area contributed by atoms with Crippen molar-refractivity contribution < 1.29 is 0 Å². The lowest BCUT2D eigenvalue weighted by Crippen LogP contribution is -2.31. The van der Waals surface area contributed by atoms with Crippen molar-refractivity contribution in [1.29, 1.82) is 0 Å². The Hall–Kier alpha value is 0.140. The first-order chi connectivity index (χ1) is 9.15. The van der Waals surface area contributed by atoms with Crippen molar-refractivity contribution >= 4 is 27.3 Å². The topological polar surface area (TPSA) is 12.0 Å². The number of halogens is 1. The molecule has 2 rings (SSSR count). The molecule has 0 bridgehead atoms. The normalized spacial score (nSPS) is 18.3. The van der Waals surface area contributed by atoms with Gasteiger partial charge in [-0.25, -0.2) is 0 Å². The van der Waals surface area contributed by atoms with Crippen LogP contribution in [0.3, 0.4) is 0 Å². The Labute approximate surface area is 130 Å². The van der Waals surface area contributed by atoms with E-state index in [0.29, 0.717) is 0 Å². The maximum absolute atomic E-state index is 3.68. The molecule has 0 aliphatic heterocycles. The summed E-state index contributed by atoms with van der Waals surface area (Å²) < 4.78 is 1.24. The highest BCUT2D eigenvalue weighted by atomic mass is 79.9. The first kappa shape index (κ1) is 15.5. The van der Waals surface area contributed by atoms with Crippen LogP contribution in [0.2, 0.25) is 0 Å².